The van der Waals surface area contributed by atoms with E-state index in [1.54, 1.807) is 0 Å². The predicted octanol–water partition coefficient (Wildman–Crippen LogP) is 3.15. The number of nitrogens with zero attached hydrogens (tertiary/aromatic N) is 1. The minimum atomic E-state index is 0.832. The van der Waals surface area contributed by atoms with E-state index >= 15 is 0 Å². The smallest absolute Gasteiger partial charge is 0.122 e. The third kappa shape index (κ3) is 3.85. The first-order valence-electron chi connectivity index (χ1n) is 7.35. The van der Waals surface area contributed by atoms with Gasteiger partial charge in [0.25, 0.3) is 0 Å². The molecular formula is C15H26N2O. The Balaban J connectivity index is 1.91. The summed E-state index contributed by atoms with van der Waals surface area (Å²) in [7, 11) is 0. The van der Waals surface area contributed by atoms with Gasteiger partial charge in [-0.3, -0.25) is 4.90 Å². The van der Waals surface area contributed by atoms with Gasteiger partial charge in [-0.1, -0.05) is 20.3 Å². The first-order chi connectivity index (χ1) is 8.85. The molecule has 0 amide bonds. The number of hydrogen-bond donors (Lipinski definition) is 1. The summed E-state index contributed by atoms with van der Waals surface area (Å²) in [5, 5.41) is 3.34. The van der Waals surface area contributed by atoms with Crippen LogP contribution in [-0.2, 0) is 13.1 Å². The molecule has 3 heteroatoms. The summed E-state index contributed by atoms with van der Waals surface area (Å²) in [5.41, 5.74) is 1.36. The molecule has 0 bridgehead atoms. The van der Waals surface area contributed by atoms with Crippen LogP contribution < -0.4 is 5.32 Å². The molecule has 1 fully saturated rings. The standard InChI is InChI=1S/C15H26N2O/c1-3-5-9-17(14-6-7-14)12-13-8-10-18-15(13)11-16-4-2/h8,10,14,16H,3-7,9,11-12H2,1-2H3. The van der Waals surface area contributed by atoms with E-state index in [0.29, 0.717) is 0 Å². The van der Waals surface area contributed by atoms with Crippen LogP contribution in [0.2, 0.25) is 0 Å². The molecule has 102 valence electrons. The number of nitrogens with one attached hydrogen (secondary N) is 1. The Morgan fingerprint density at radius 3 is 2.89 bits per heavy atom. The zero-order valence-corrected chi connectivity index (χ0v) is 11.7. The Hall–Kier alpha value is -0.800. The molecule has 0 aliphatic heterocycles. The van der Waals surface area contributed by atoms with Gasteiger partial charge in [-0.25, -0.2) is 0 Å². The molecule has 0 aromatic carbocycles. The Morgan fingerprint density at radius 2 is 2.22 bits per heavy atom. The van der Waals surface area contributed by atoms with Gasteiger partial charge in [0.1, 0.15) is 5.76 Å². The SMILES string of the molecule is CCCCN(Cc1ccoc1CNCC)C1CC1. The first-order valence-corrected chi connectivity index (χ1v) is 7.35. The summed E-state index contributed by atoms with van der Waals surface area (Å²) in [6.45, 7) is 8.52. The van der Waals surface area contributed by atoms with Crippen molar-refractivity contribution >= 4 is 0 Å². The predicted molar refractivity (Wildman–Crippen MR) is 74.4 cm³/mol. The molecule has 1 N–H and O–H groups in total. The molecule has 1 saturated carbocycles. The van der Waals surface area contributed by atoms with Crippen molar-refractivity contribution in [2.24, 2.45) is 0 Å². The van der Waals surface area contributed by atoms with Crippen molar-refractivity contribution in [3.63, 3.8) is 0 Å². The summed E-state index contributed by atoms with van der Waals surface area (Å²) in [5.74, 6) is 1.11. The van der Waals surface area contributed by atoms with Gasteiger partial charge in [-0.05, 0) is 38.4 Å². The maximum atomic E-state index is 5.58. The molecule has 1 aromatic heterocycles. The van der Waals surface area contributed by atoms with Crippen molar-refractivity contribution < 1.29 is 4.42 Å². The van der Waals surface area contributed by atoms with Crippen LogP contribution in [0.3, 0.4) is 0 Å². The van der Waals surface area contributed by atoms with Gasteiger partial charge in [0.15, 0.2) is 0 Å². The van der Waals surface area contributed by atoms with E-state index in [9.17, 15) is 0 Å². The quantitative estimate of drug-likeness (QED) is 0.730. The van der Waals surface area contributed by atoms with Crippen LogP contribution in [0, 0.1) is 0 Å². The molecule has 0 radical (unpaired) electrons. The van der Waals surface area contributed by atoms with Crippen LogP contribution >= 0.6 is 0 Å². The Bertz CT molecular complexity index is 344. The van der Waals surface area contributed by atoms with E-state index in [0.717, 1.165) is 31.4 Å². The maximum Gasteiger partial charge on any atom is 0.122 e. The van der Waals surface area contributed by atoms with Crippen LogP contribution in [0.15, 0.2) is 16.7 Å². The molecule has 2 rings (SSSR count). The molecule has 0 spiro atoms. The lowest BCUT2D eigenvalue weighted by Crippen LogP contribution is -2.27. The molecular weight excluding hydrogens is 224 g/mol. The second kappa shape index (κ2) is 6.95. The fourth-order valence-corrected chi connectivity index (χ4v) is 2.31. The summed E-state index contributed by atoms with van der Waals surface area (Å²) in [6.07, 6.45) is 7.16. The number of furan rings is 1. The normalized spacial score (nSPS) is 15.5. The second-order valence-electron chi connectivity index (χ2n) is 5.20. The molecule has 0 atom stereocenters. The van der Waals surface area contributed by atoms with E-state index in [1.165, 1.54) is 37.8 Å². The van der Waals surface area contributed by atoms with Gasteiger partial charge in [-0.15, -0.1) is 0 Å². The third-order valence-electron chi connectivity index (χ3n) is 3.61. The Kier molecular flexibility index (Phi) is 5.26. The second-order valence-corrected chi connectivity index (χ2v) is 5.20. The monoisotopic (exact) mass is 250 g/mol. The van der Waals surface area contributed by atoms with E-state index in [4.69, 9.17) is 4.42 Å². The van der Waals surface area contributed by atoms with E-state index < -0.39 is 0 Å². The van der Waals surface area contributed by atoms with Crippen molar-refractivity contribution in [2.75, 3.05) is 13.1 Å². The van der Waals surface area contributed by atoms with Gasteiger partial charge < -0.3 is 9.73 Å². The maximum absolute atomic E-state index is 5.58. The van der Waals surface area contributed by atoms with Crippen molar-refractivity contribution in [1.82, 2.24) is 10.2 Å². The number of rotatable bonds is 9. The van der Waals surface area contributed by atoms with Crippen LogP contribution in [0.4, 0.5) is 0 Å². The van der Waals surface area contributed by atoms with E-state index in [-0.39, 0.29) is 0 Å². The minimum Gasteiger partial charge on any atom is -0.468 e. The largest absolute Gasteiger partial charge is 0.468 e. The summed E-state index contributed by atoms with van der Waals surface area (Å²) >= 11 is 0. The summed E-state index contributed by atoms with van der Waals surface area (Å²) < 4.78 is 5.58. The minimum absolute atomic E-state index is 0.832. The van der Waals surface area contributed by atoms with Gasteiger partial charge >= 0.3 is 0 Å². The zero-order valence-electron chi connectivity index (χ0n) is 11.7. The topological polar surface area (TPSA) is 28.4 Å². The highest BCUT2D eigenvalue weighted by atomic mass is 16.3. The lowest BCUT2D eigenvalue weighted by Gasteiger charge is -2.21. The van der Waals surface area contributed by atoms with E-state index in [1.807, 2.05) is 6.26 Å². The average Bonchev–Trinajstić information content (AvgIpc) is 3.13. The highest BCUT2D eigenvalue weighted by Gasteiger charge is 2.29. The van der Waals surface area contributed by atoms with Crippen LogP contribution in [0.5, 0.6) is 0 Å². The number of unbranched alkanes of at least 4 members (excludes halogenated alkanes) is 1. The highest BCUT2D eigenvalue weighted by Crippen LogP contribution is 2.29. The lowest BCUT2D eigenvalue weighted by atomic mass is 10.2. The van der Waals surface area contributed by atoms with Gasteiger partial charge in [-0.2, -0.15) is 0 Å². The average molecular weight is 250 g/mol. The van der Waals surface area contributed by atoms with E-state index in [2.05, 4.69) is 30.1 Å². The molecule has 0 saturated heterocycles. The van der Waals surface area contributed by atoms with Crippen molar-refractivity contribution in [3.05, 3.63) is 23.7 Å². The molecule has 1 aromatic rings. The molecule has 0 unspecified atom stereocenters. The molecule has 1 heterocycles. The fourth-order valence-electron chi connectivity index (χ4n) is 2.31. The van der Waals surface area contributed by atoms with Crippen molar-refractivity contribution in [2.45, 2.75) is 58.7 Å². The third-order valence-corrected chi connectivity index (χ3v) is 3.61. The molecule has 1 aliphatic carbocycles. The molecule has 18 heavy (non-hydrogen) atoms. The van der Waals surface area contributed by atoms with Gasteiger partial charge in [0, 0.05) is 18.2 Å². The van der Waals surface area contributed by atoms with Crippen LogP contribution in [-0.4, -0.2) is 24.0 Å². The highest BCUT2D eigenvalue weighted by molar-refractivity contribution is 5.17. The zero-order chi connectivity index (χ0) is 12.8. The first kappa shape index (κ1) is 13.6. The number of hydrogen-bond acceptors (Lipinski definition) is 3. The summed E-state index contributed by atoms with van der Waals surface area (Å²) in [4.78, 5) is 2.63. The fraction of sp³-hybridized carbons (Fsp3) is 0.733. The van der Waals surface area contributed by atoms with Crippen molar-refractivity contribution in [1.29, 1.82) is 0 Å². The van der Waals surface area contributed by atoms with Crippen LogP contribution in [0.25, 0.3) is 0 Å². The van der Waals surface area contributed by atoms with Crippen LogP contribution in [0.1, 0.15) is 50.9 Å². The Labute approximate surface area is 111 Å². The lowest BCUT2D eigenvalue weighted by molar-refractivity contribution is 0.248. The molecule has 1 aliphatic rings. The van der Waals surface area contributed by atoms with Gasteiger partial charge in [0.2, 0.25) is 0 Å². The van der Waals surface area contributed by atoms with Crippen molar-refractivity contribution in [3.8, 4) is 0 Å². The summed E-state index contributed by atoms with van der Waals surface area (Å²) in [6, 6.07) is 2.96. The van der Waals surface area contributed by atoms with Gasteiger partial charge in [0.05, 0.1) is 12.8 Å². The Morgan fingerprint density at radius 1 is 1.39 bits per heavy atom. The molecule has 3 nitrogen and oxygen atoms in total.